The molecule has 0 radical (unpaired) electrons. The Hall–Kier alpha value is -2.12. The van der Waals surface area contributed by atoms with E-state index in [1.54, 1.807) is 12.1 Å². The Labute approximate surface area is 117 Å². The van der Waals surface area contributed by atoms with E-state index in [4.69, 9.17) is 16.9 Å². The number of hydrogen-bond acceptors (Lipinski definition) is 4. The molecule has 2 rings (SSSR count). The first kappa shape index (κ1) is 13.3. The summed E-state index contributed by atoms with van der Waals surface area (Å²) < 4.78 is 0. The van der Waals surface area contributed by atoms with Gasteiger partial charge in [0.25, 0.3) is 0 Å². The van der Waals surface area contributed by atoms with Crippen molar-refractivity contribution in [2.24, 2.45) is 0 Å². The molecule has 1 N–H and O–H groups in total. The molecule has 0 aliphatic carbocycles. The van der Waals surface area contributed by atoms with Crippen molar-refractivity contribution < 1.29 is 0 Å². The van der Waals surface area contributed by atoms with Crippen LogP contribution in [0.1, 0.15) is 24.5 Å². The molecule has 0 saturated carbocycles. The van der Waals surface area contributed by atoms with Crippen molar-refractivity contribution in [3.63, 3.8) is 0 Å². The molecular formula is C14H13ClN4. The number of anilines is 2. The Balaban J connectivity index is 2.32. The lowest BCUT2D eigenvalue weighted by Crippen LogP contribution is -2.01. The van der Waals surface area contributed by atoms with E-state index < -0.39 is 0 Å². The summed E-state index contributed by atoms with van der Waals surface area (Å²) in [5, 5.41) is 12.5. The number of nitrogens with one attached hydrogen (secondary N) is 1. The normalized spacial score (nSPS) is 9.95. The lowest BCUT2D eigenvalue weighted by atomic mass is 10.1. The van der Waals surface area contributed by atoms with Crippen molar-refractivity contribution in [2.75, 3.05) is 5.32 Å². The molecule has 4 nitrogen and oxygen atoms in total. The summed E-state index contributed by atoms with van der Waals surface area (Å²) in [6.07, 6.45) is 3.19. The molecular weight excluding hydrogens is 260 g/mol. The van der Waals surface area contributed by atoms with E-state index in [2.05, 4.69) is 28.3 Å². The van der Waals surface area contributed by atoms with Crippen molar-refractivity contribution in [3.05, 3.63) is 46.9 Å². The number of hydrogen-bond donors (Lipinski definition) is 1. The quantitative estimate of drug-likeness (QED) is 0.862. The van der Waals surface area contributed by atoms with Crippen LogP contribution in [0.15, 0.2) is 30.6 Å². The van der Waals surface area contributed by atoms with Crippen LogP contribution in [0.2, 0.25) is 5.15 Å². The standard InChI is InChI=1S/C14H13ClN4/c1-2-4-12-13(15)17-9-18-14(12)19-11-6-3-5-10(7-11)8-16/h3,5-7,9H,2,4H2,1H3,(H,17,18,19). The number of benzene rings is 1. The van der Waals surface area contributed by atoms with E-state index in [1.165, 1.54) is 6.33 Å². The van der Waals surface area contributed by atoms with Crippen LogP contribution in [-0.4, -0.2) is 9.97 Å². The fourth-order valence-corrected chi connectivity index (χ4v) is 2.00. The second-order valence-electron chi connectivity index (χ2n) is 4.06. The molecule has 0 spiro atoms. The summed E-state index contributed by atoms with van der Waals surface area (Å²) in [5.74, 6) is 0.692. The van der Waals surface area contributed by atoms with Gasteiger partial charge < -0.3 is 5.32 Å². The van der Waals surface area contributed by atoms with E-state index in [9.17, 15) is 0 Å². The average molecular weight is 273 g/mol. The highest BCUT2D eigenvalue weighted by atomic mass is 35.5. The Bertz CT molecular complexity index is 619. The van der Waals surface area contributed by atoms with Crippen molar-refractivity contribution in [3.8, 4) is 6.07 Å². The number of aromatic nitrogens is 2. The van der Waals surface area contributed by atoms with Gasteiger partial charge in [-0.3, -0.25) is 0 Å². The van der Waals surface area contributed by atoms with Crippen molar-refractivity contribution in [1.82, 2.24) is 9.97 Å². The number of nitriles is 1. The highest BCUT2D eigenvalue weighted by Crippen LogP contribution is 2.24. The third-order valence-electron chi connectivity index (χ3n) is 2.65. The van der Waals surface area contributed by atoms with Gasteiger partial charge in [0.2, 0.25) is 0 Å². The summed E-state index contributed by atoms with van der Waals surface area (Å²) >= 11 is 6.09. The summed E-state index contributed by atoms with van der Waals surface area (Å²) in [7, 11) is 0. The van der Waals surface area contributed by atoms with E-state index in [1.807, 2.05) is 12.1 Å². The third-order valence-corrected chi connectivity index (χ3v) is 2.97. The molecule has 0 unspecified atom stereocenters. The lowest BCUT2D eigenvalue weighted by Gasteiger charge is -2.11. The predicted octanol–water partition coefficient (Wildman–Crippen LogP) is 3.70. The summed E-state index contributed by atoms with van der Waals surface area (Å²) in [6, 6.07) is 9.33. The zero-order valence-electron chi connectivity index (χ0n) is 10.5. The van der Waals surface area contributed by atoms with E-state index in [-0.39, 0.29) is 0 Å². The molecule has 19 heavy (non-hydrogen) atoms. The van der Waals surface area contributed by atoms with Crippen molar-refractivity contribution in [2.45, 2.75) is 19.8 Å². The Morgan fingerprint density at radius 1 is 1.37 bits per heavy atom. The van der Waals surface area contributed by atoms with Gasteiger partial charge in [-0.1, -0.05) is 31.0 Å². The maximum atomic E-state index is 8.89. The van der Waals surface area contributed by atoms with Gasteiger partial charge in [0.1, 0.15) is 17.3 Å². The Morgan fingerprint density at radius 3 is 2.95 bits per heavy atom. The predicted molar refractivity (Wildman–Crippen MR) is 75.5 cm³/mol. The molecule has 0 atom stereocenters. The van der Waals surface area contributed by atoms with Crippen LogP contribution in [0.25, 0.3) is 0 Å². The van der Waals surface area contributed by atoms with Crippen LogP contribution >= 0.6 is 11.6 Å². The highest BCUT2D eigenvalue weighted by Gasteiger charge is 2.09. The number of halogens is 1. The Kier molecular flexibility index (Phi) is 4.32. The van der Waals surface area contributed by atoms with Gasteiger partial charge in [0, 0.05) is 11.3 Å². The molecule has 0 aliphatic rings. The molecule has 1 aromatic carbocycles. The van der Waals surface area contributed by atoms with Gasteiger partial charge in [-0.15, -0.1) is 0 Å². The molecule has 0 saturated heterocycles. The minimum atomic E-state index is 0.468. The molecule has 5 heteroatoms. The molecule has 0 fully saturated rings. The fraction of sp³-hybridized carbons (Fsp3) is 0.214. The minimum Gasteiger partial charge on any atom is -0.340 e. The number of rotatable bonds is 4. The zero-order valence-corrected chi connectivity index (χ0v) is 11.3. The van der Waals surface area contributed by atoms with Gasteiger partial charge >= 0.3 is 0 Å². The smallest absolute Gasteiger partial charge is 0.138 e. The first-order chi connectivity index (χ1) is 9.24. The van der Waals surface area contributed by atoms with Gasteiger partial charge in [-0.25, -0.2) is 9.97 Å². The van der Waals surface area contributed by atoms with Crippen LogP contribution in [0.5, 0.6) is 0 Å². The van der Waals surface area contributed by atoms with Crippen LogP contribution in [0.3, 0.4) is 0 Å². The molecule has 0 bridgehead atoms. The van der Waals surface area contributed by atoms with Crippen molar-refractivity contribution >= 4 is 23.1 Å². The van der Waals surface area contributed by atoms with Crippen LogP contribution in [-0.2, 0) is 6.42 Å². The van der Waals surface area contributed by atoms with Crippen molar-refractivity contribution in [1.29, 1.82) is 5.26 Å². The number of nitrogens with zero attached hydrogens (tertiary/aromatic N) is 3. The third kappa shape index (κ3) is 3.21. The molecule has 2 aromatic rings. The van der Waals surface area contributed by atoms with Gasteiger partial charge in [-0.05, 0) is 24.6 Å². The van der Waals surface area contributed by atoms with E-state index >= 15 is 0 Å². The second-order valence-corrected chi connectivity index (χ2v) is 4.42. The molecule has 96 valence electrons. The topological polar surface area (TPSA) is 61.6 Å². The molecule has 1 heterocycles. The average Bonchev–Trinajstić information content (AvgIpc) is 2.43. The maximum Gasteiger partial charge on any atom is 0.138 e. The first-order valence-corrected chi connectivity index (χ1v) is 6.39. The maximum absolute atomic E-state index is 8.89. The first-order valence-electron chi connectivity index (χ1n) is 6.01. The van der Waals surface area contributed by atoms with Crippen LogP contribution < -0.4 is 5.32 Å². The Morgan fingerprint density at radius 2 is 2.21 bits per heavy atom. The van der Waals surface area contributed by atoms with E-state index in [0.29, 0.717) is 16.5 Å². The SMILES string of the molecule is CCCc1c(Cl)ncnc1Nc1cccc(C#N)c1. The summed E-state index contributed by atoms with van der Waals surface area (Å²) in [6.45, 7) is 2.07. The summed E-state index contributed by atoms with van der Waals surface area (Å²) in [4.78, 5) is 8.22. The largest absolute Gasteiger partial charge is 0.340 e. The molecule has 0 aliphatic heterocycles. The zero-order chi connectivity index (χ0) is 13.7. The molecule has 1 aromatic heterocycles. The van der Waals surface area contributed by atoms with Crippen LogP contribution in [0.4, 0.5) is 11.5 Å². The minimum absolute atomic E-state index is 0.468. The lowest BCUT2D eigenvalue weighted by molar-refractivity contribution is 0.904. The van der Waals surface area contributed by atoms with E-state index in [0.717, 1.165) is 24.1 Å². The highest BCUT2D eigenvalue weighted by molar-refractivity contribution is 6.30. The molecule has 0 amide bonds. The monoisotopic (exact) mass is 272 g/mol. The van der Waals surface area contributed by atoms with Gasteiger partial charge in [0.15, 0.2) is 0 Å². The fourth-order valence-electron chi connectivity index (χ4n) is 1.77. The van der Waals surface area contributed by atoms with Crippen LogP contribution in [0, 0.1) is 11.3 Å². The van der Waals surface area contributed by atoms with Gasteiger partial charge in [0.05, 0.1) is 11.6 Å². The second kappa shape index (κ2) is 6.17. The summed E-state index contributed by atoms with van der Waals surface area (Å²) in [5.41, 5.74) is 2.31. The van der Waals surface area contributed by atoms with Gasteiger partial charge in [-0.2, -0.15) is 5.26 Å².